The molecule has 1 aliphatic carbocycles. The zero-order chi connectivity index (χ0) is 21.8. The number of urea groups is 1. The molecule has 2 aromatic carbocycles. The van der Waals surface area contributed by atoms with E-state index >= 15 is 0 Å². The van der Waals surface area contributed by atoms with Gasteiger partial charge >= 0.3 is 6.03 Å². The molecule has 1 heterocycles. The van der Waals surface area contributed by atoms with Crippen LogP contribution in [0.15, 0.2) is 48.5 Å². The summed E-state index contributed by atoms with van der Waals surface area (Å²) in [4.78, 5) is 37.8. The Kier molecular flexibility index (Phi) is 6.21. The smallest absolute Gasteiger partial charge is 0.319 e. The molecule has 0 radical (unpaired) electrons. The van der Waals surface area contributed by atoms with Gasteiger partial charge in [0.2, 0.25) is 11.8 Å². The average molecular weight is 421 g/mol. The van der Waals surface area contributed by atoms with Crippen molar-refractivity contribution >= 4 is 29.2 Å². The average Bonchev–Trinajstić information content (AvgIpc) is 3.53. The summed E-state index contributed by atoms with van der Waals surface area (Å²) in [6.45, 7) is 3.33. The maximum absolute atomic E-state index is 12.4. The number of rotatable bonds is 7. The number of hydrogen-bond donors (Lipinski definition) is 3. The van der Waals surface area contributed by atoms with Gasteiger partial charge in [0.15, 0.2) is 0 Å². The first-order valence-corrected chi connectivity index (χ1v) is 10.8. The van der Waals surface area contributed by atoms with Crippen molar-refractivity contribution < 1.29 is 14.4 Å². The minimum absolute atomic E-state index is 0.0800. The molecule has 4 amide bonds. The first-order chi connectivity index (χ1) is 15.0. The molecule has 0 bridgehead atoms. The van der Waals surface area contributed by atoms with Crippen molar-refractivity contribution in [3.8, 4) is 0 Å². The van der Waals surface area contributed by atoms with Gasteiger partial charge in [-0.15, -0.1) is 0 Å². The SMILES string of the molecule is CC(NC(=O)Nc1ccc(CN2CCCC2=O)cc1)c1ccc(NC(=O)C2CC2)cc1. The number of nitrogens with one attached hydrogen (secondary N) is 3. The zero-order valence-electron chi connectivity index (χ0n) is 17.7. The molecular formula is C24H28N4O3. The van der Waals surface area contributed by atoms with Crippen molar-refractivity contribution in [3.63, 3.8) is 0 Å². The molecular weight excluding hydrogens is 392 g/mol. The van der Waals surface area contributed by atoms with Gasteiger partial charge in [0.25, 0.3) is 0 Å². The molecule has 0 spiro atoms. The van der Waals surface area contributed by atoms with E-state index in [1.54, 1.807) is 0 Å². The van der Waals surface area contributed by atoms with E-state index in [1.165, 1.54) is 0 Å². The Morgan fingerprint density at radius 3 is 2.26 bits per heavy atom. The monoisotopic (exact) mass is 420 g/mol. The quantitative estimate of drug-likeness (QED) is 0.631. The summed E-state index contributed by atoms with van der Waals surface area (Å²) in [5.41, 5.74) is 3.46. The Labute approximate surface area is 182 Å². The van der Waals surface area contributed by atoms with Crippen molar-refractivity contribution in [3.05, 3.63) is 59.7 Å². The minimum Gasteiger partial charge on any atom is -0.338 e. The number of carbonyl (C=O) groups excluding carboxylic acids is 3. The van der Waals surface area contributed by atoms with Crippen LogP contribution in [0.1, 0.15) is 49.8 Å². The fraction of sp³-hybridized carbons (Fsp3) is 0.375. The molecule has 3 N–H and O–H groups in total. The third-order valence-electron chi connectivity index (χ3n) is 5.73. The van der Waals surface area contributed by atoms with Crippen molar-refractivity contribution in [1.82, 2.24) is 10.2 Å². The topological polar surface area (TPSA) is 90.5 Å². The van der Waals surface area contributed by atoms with E-state index in [1.807, 2.05) is 60.4 Å². The number of amides is 4. The van der Waals surface area contributed by atoms with E-state index in [4.69, 9.17) is 0 Å². The number of anilines is 2. The minimum atomic E-state index is -0.291. The van der Waals surface area contributed by atoms with Gasteiger partial charge in [-0.3, -0.25) is 9.59 Å². The standard InChI is InChI=1S/C24H28N4O3/c1-16(18-8-12-20(13-9-18)26-23(30)19-6-7-19)25-24(31)27-21-10-4-17(5-11-21)15-28-14-2-3-22(28)29/h4-5,8-13,16,19H,2-3,6-7,14-15H2,1H3,(H,26,30)(H2,25,27,31). The molecule has 162 valence electrons. The molecule has 7 nitrogen and oxygen atoms in total. The van der Waals surface area contributed by atoms with Crippen LogP contribution in [0.5, 0.6) is 0 Å². The van der Waals surface area contributed by atoms with Gasteiger partial charge in [-0.05, 0) is 61.6 Å². The Balaban J connectivity index is 1.25. The van der Waals surface area contributed by atoms with E-state index < -0.39 is 0 Å². The highest BCUT2D eigenvalue weighted by molar-refractivity contribution is 5.94. The van der Waals surface area contributed by atoms with Gasteiger partial charge in [0.05, 0.1) is 6.04 Å². The summed E-state index contributed by atoms with van der Waals surface area (Å²) >= 11 is 0. The summed E-state index contributed by atoms with van der Waals surface area (Å²) in [5, 5.41) is 8.68. The van der Waals surface area contributed by atoms with Crippen LogP contribution >= 0.6 is 0 Å². The summed E-state index contributed by atoms with van der Waals surface area (Å²) in [7, 11) is 0. The Morgan fingerprint density at radius 1 is 1.00 bits per heavy atom. The first kappa shape index (κ1) is 20.9. The lowest BCUT2D eigenvalue weighted by Gasteiger charge is -2.17. The van der Waals surface area contributed by atoms with Crippen LogP contribution in [0.4, 0.5) is 16.2 Å². The number of likely N-dealkylation sites (tertiary alicyclic amines) is 1. The Hall–Kier alpha value is -3.35. The van der Waals surface area contributed by atoms with Gasteiger partial charge in [0.1, 0.15) is 0 Å². The van der Waals surface area contributed by atoms with Gasteiger partial charge in [-0.25, -0.2) is 4.79 Å². The first-order valence-electron chi connectivity index (χ1n) is 10.8. The lowest BCUT2D eigenvalue weighted by molar-refractivity contribution is -0.128. The molecule has 1 unspecified atom stereocenters. The van der Waals surface area contributed by atoms with Crippen LogP contribution in [-0.2, 0) is 16.1 Å². The maximum atomic E-state index is 12.4. The largest absolute Gasteiger partial charge is 0.338 e. The fourth-order valence-electron chi connectivity index (χ4n) is 3.68. The number of hydrogen-bond acceptors (Lipinski definition) is 3. The summed E-state index contributed by atoms with van der Waals surface area (Å²) in [6, 6.07) is 14.6. The third kappa shape index (κ3) is 5.63. The van der Waals surface area contributed by atoms with Crippen molar-refractivity contribution in [2.45, 2.75) is 45.2 Å². The fourth-order valence-corrected chi connectivity index (χ4v) is 3.68. The molecule has 1 aliphatic heterocycles. The highest BCUT2D eigenvalue weighted by Gasteiger charge is 2.29. The van der Waals surface area contributed by atoms with Crippen LogP contribution in [0.2, 0.25) is 0 Å². The van der Waals surface area contributed by atoms with E-state index in [2.05, 4.69) is 16.0 Å². The maximum Gasteiger partial charge on any atom is 0.319 e. The number of benzene rings is 2. The van der Waals surface area contributed by atoms with Gasteiger partial charge in [0, 0.05) is 36.8 Å². The molecule has 31 heavy (non-hydrogen) atoms. The lowest BCUT2D eigenvalue weighted by atomic mass is 10.1. The van der Waals surface area contributed by atoms with Gasteiger partial charge in [-0.1, -0.05) is 24.3 Å². The molecule has 2 fully saturated rings. The number of carbonyl (C=O) groups is 3. The van der Waals surface area contributed by atoms with Crippen molar-refractivity contribution in [2.24, 2.45) is 5.92 Å². The summed E-state index contributed by atoms with van der Waals surface area (Å²) in [5.74, 6) is 0.450. The van der Waals surface area contributed by atoms with Gasteiger partial charge in [-0.2, -0.15) is 0 Å². The highest BCUT2D eigenvalue weighted by atomic mass is 16.2. The highest BCUT2D eigenvalue weighted by Crippen LogP contribution is 2.30. The Morgan fingerprint density at radius 2 is 1.65 bits per heavy atom. The molecule has 0 aromatic heterocycles. The van der Waals surface area contributed by atoms with Crippen LogP contribution in [0.25, 0.3) is 0 Å². The predicted octanol–water partition coefficient (Wildman–Crippen LogP) is 4.04. The molecule has 2 aromatic rings. The van der Waals surface area contributed by atoms with E-state index in [9.17, 15) is 14.4 Å². The normalized spacial score (nSPS) is 16.7. The van der Waals surface area contributed by atoms with E-state index in [-0.39, 0.29) is 29.8 Å². The second kappa shape index (κ2) is 9.20. The van der Waals surface area contributed by atoms with Crippen LogP contribution < -0.4 is 16.0 Å². The molecule has 1 saturated heterocycles. The van der Waals surface area contributed by atoms with E-state index in [0.717, 1.165) is 42.6 Å². The number of nitrogens with zero attached hydrogens (tertiary/aromatic N) is 1. The van der Waals surface area contributed by atoms with Crippen LogP contribution in [-0.4, -0.2) is 29.3 Å². The predicted molar refractivity (Wildman–Crippen MR) is 119 cm³/mol. The summed E-state index contributed by atoms with van der Waals surface area (Å²) in [6.07, 6.45) is 3.51. The van der Waals surface area contributed by atoms with Gasteiger partial charge < -0.3 is 20.9 Å². The summed E-state index contributed by atoms with van der Waals surface area (Å²) < 4.78 is 0. The lowest BCUT2D eigenvalue weighted by Crippen LogP contribution is -2.31. The Bertz CT molecular complexity index is 952. The zero-order valence-corrected chi connectivity index (χ0v) is 17.7. The molecule has 1 saturated carbocycles. The molecule has 4 rings (SSSR count). The second-order valence-corrected chi connectivity index (χ2v) is 8.32. The molecule has 7 heteroatoms. The van der Waals surface area contributed by atoms with Crippen LogP contribution in [0.3, 0.4) is 0 Å². The van der Waals surface area contributed by atoms with Crippen molar-refractivity contribution in [1.29, 1.82) is 0 Å². The molecule has 2 aliphatic rings. The van der Waals surface area contributed by atoms with Crippen molar-refractivity contribution in [2.75, 3.05) is 17.2 Å². The third-order valence-corrected chi connectivity index (χ3v) is 5.73. The molecule has 1 atom stereocenters. The van der Waals surface area contributed by atoms with Crippen LogP contribution in [0, 0.1) is 5.92 Å². The second-order valence-electron chi connectivity index (χ2n) is 8.32. The van der Waals surface area contributed by atoms with E-state index in [0.29, 0.717) is 18.7 Å².